The number of nitrogens with zero attached hydrogens (tertiary/aromatic N) is 4. The van der Waals surface area contributed by atoms with E-state index in [4.69, 9.17) is 4.42 Å². The van der Waals surface area contributed by atoms with E-state index in [0.717, 1.165) is 11.4 Å². The Morgan fingerprint density at radius 2 is 2.35 bits per heavy atom. The molecule has 8 heteroatoms. The predicted molar refractivity (Wildman–Crippen MR) is 92.6 cm³/mol. The van der Waals surface area contributed by atoms with E-state index >= 15 is 0 Å². The summed E-state index contributed by atoms with van der Waals surface area (Å²) in [6.45, 7) is 6.10. The van der Waals surface area contributed by atoms with Gasteiger partial charge in [0.1, 0.15) is 10.8 Å². The Morgan fingerprint density at radius 3 is 3.00 bits per heavy atom. The van der Waals surface area contributed by atoms with Crippen LogP contribution in [-0.2, 0) is 11.2 Å². The van der Waals surface area contributed by atoms with Crippen LogP contribution in [0.15, 0.2) is 45.4 Å². The van der Waals surface area contributed by atoms with E-state index in [1.807, 2.05) is 6.92 Å². The van der Waals surface area contributed by atoms with Crippen LogP contribution >= 0.6 is 23.1 Å². The standard InChI is InChI=1S/C15H14N4O2S2/c1-3-7-19-13(20)11(9-10-6-5-8-21-10)22-15(19)16-14-18-17-12(4-2)23-14/h3,5-6,8-9H,1,4,7H2,2H3/b11-9+,16-15?. The summed E-state index contributed by atoms with van der Waals surface area (Å²) in [7, 11) is 0. The molecule has 1 aliphatic rings. The van der Waals surface area contributed by atoms with Gasteiger partial charge in [0, 0.05) is 12.6 Å². The summed E-state index contributed by atoms with van der Waals surface area (Å²) < 4.78 is 5.27. The van der Waals surface area contributed by atoms with Gasteiger partial charge >= 0.3 is 0 Å². The number of aliphatic imine (C=N–C) groups is 1. The lowest BCUT2D eigenvalue weighted by atomic mass is 10.3. The van der Waals surface area contributed by atoms with Crippen molar-refractivity contribution in [3.63, 3.8) is 0 Å². The zero-order valence-electron chi connectivity index (χ0n) is 12.4. The van der Waals surface area contributed by atoms with Crippen LogP contribution in [0, 0.1) is 0 Å². The van der Waals surface area contributed by atoms with Gasteiger partial charge in [-0.3, -0.25) is 9.69 Å². The van der Waals surface area contributed by atoms with E-state index in [1.165, 1.54) is 23.1 Å². The lowest BCUT2D eigenvalue weighted by Crippen LogP contribution is -2.29. The predicted octanol–water partition coefficient (Wildman–Crippen LogP) is 3.48. The van der Waals surface area contributed by atoms with Crippen molar-refractivity contribution < 1.29 is 9.21 Å². The Kier molecular flexibility index (Phi) is 4.73. The largest absolute Gasteiger partial charge is 0.465 e. The maximum absolute atomic E-state index is 12.5. The second-order valence-electron chi connectivity index (χ2n) is 4.56. The van der Waals surface area contributed by atoms with Crippen molar-refractivity contribution in [1.82, 2.24) is 15.1 Å². The third-order valence-electron chi connectivity index (χ3n) is 2.97. The first-order valence-electron chi connectivity index (χ1n) is 6.98. The summed E-state index contributed by atoms with van der Waals surface area (Å²) in [4.78, 5) is 19.1. The van der Waals surface area contributed by atoms with Gasteiger partial charge in [-0.25, -0.2) is 0 Å². The molecule has 6 nitrogen and oxygen atoms in total. The molecule has 0 saturated carbocycles. The molecule has 2 aromatic rings. The molecule has 2 aromatic heterocycles. The van der Waals surface area contributed by atoms with Crippen LogP contribution in [0.3, 0.4) is 0 Å². The third kappa shape index (κ3) is 3.43. The number of hydrogen-bond donors (Lipinski definition) is 0. The molecular weight excluding hydrogens is 332 g/mol. The lowest BCUT2D eigenvalue weighted by Gasteiger charge is -2.11. The van der Waals surface area contributed by atoms with Crippen LogP contribution in [0.1, 0.15) is 17.7 Å². The minimum Gasteiger partial charge on any atom is -0.465 e. The number of thioether (sulfide) groups is 1. The molecule has 0 radical (unpaired) electrons. The fourth-order valence-corrected chi connectivity index (χ4v) is 3.58. The van der Waals surface area contributed by atoms with Gasteiger partial charge in [0.05, 0.1) is 11.2 Å². The molecule has 1 fully saturated rings. The number of amides is 1. The normalized spacial score (nSPS) is 18.3. The van der Waals surface area contributed by atoms with E-state index in [2.05, 4.69) is 21.8 Å². The highest BCUT2D eigenvalue weighted by atomic mass is 32.2. The van der Waals surface area contributed by atoms with Gasteiger partial charge in [-0.1, -0.05) is 24.3 Å². The fraction of sp³-hybridized carbons (Fsp3) is 0.200. The van der Waals surface area contributed by atoms with Crippen molar-refractivity contribution in [1.29, 1.82) is 0 Å². The van der Waals surface area contributed by atoms with E-state index in [1.54, 1.807) is 35.4 Å². The van der Waals surface area contributed by atoms with Gasteiger partial charge < -0.3 is 4.42 Å². The van der Waals surface area contributed by atoms with Crippen LogP contribution in [0.4, 0.5) is 5.13 Å². The molecule has 3 heterocycles. The number of aromatic nitrogens is 2. The van der Waals surface area contributed by atoms with Crippen LogP contribution in [0.25, 0.3) is 6.08 Å². The van der Waals surface area contributed by atoms with Crippen LogP contribution < -0.4 is 0 Å². The minimum absolute atomic E-state index is 0.120. The summed E-state index contributed by atoms with van der Waals surface area (Å²) in [6, 6.07) is 3.58. The number of rotatable bonds is 5. The monoisotopic (exact) mass is 346 g/mol. The topological polar surface area (TPSA) is 71.6 Å². The smallest absolute Gasteiger partial charge is 0.267 e. The number of carbonyl (C=O) groups excluding carboxylic acids is 1. The van der Waals surface area contributed by atoms with Gasteiger partial charge in [-0.05, 0) is 30.3 Å². The number of amidine groups is 1. The van der Waals surface area contributed by atoms with Gasteiger partial charge in [-0.2, -0.15) is 4.99 Å². The van der Waals surface area contributed by atoms with Crippen LogP contribution in [-0.4, -0.2) is 32.7 Å². The average Bonchev–Trinajstić information content (AvgIpc) is 3.26. The molecule has 0 unspecified atom stereocenters. The van der Waals surface area contributed by atoms with Crippen molar-refractivity contribution in [2.24, 2.45) is 4.99 Å². The third-order valence-corrected chi connectivity index (χ3v) is 4.93. The summed E-state index contributed by atoms with van der Waals surface area (Å²) in [6.07, 6.45) is 5.76. The maximum atomic E-state index is 12.5. The number of aryl methyl sites for hydroxylation is 1. The molecule has 0 aliphatic carbocycles. The van der Waals surface area contributed by atoms with Crippen molar-refractivity contribution in [3.8, 4) is 0 Å². The second-order valence-corrected chi connectivity index (χ2v) is 6.61. The Bertz CT molecular complexity index is 777. The van der Waals surface area contributed by atoms with Crippen LogP contribution in [0.5, 0.6) is 0 Å². The number of carbonyl (C=O) groups is 1. The SMILES string of the molecule is C=CCN1C(=O)/C(=C\c2ccco2)SC1=Nc1nnc(CC)s1. The zero-order chi connectivity index (χ0) is 16.2. The van der Waals surface area contributed by atoms with Gasteiger partial charge in [-0.15, -0.1) is 16.8 Å². The molecule has 3 rings (SSSR count). The molecule has 0 N–H and O–H groups in total. The Labute approximate surface area is 141 Å². The van der Waals surface area contributed by atoms with Crippen molar-refractivity contribution >= 4 is 45.4 Å². The molecule has 0 atom stereocenters. The highest BCUT2D eigenvalue weighted by Gasteiger charge is 2.33. The van der Waals surface area contributed by atoms with E-state index in [-0.39, 0.29) is 5.91 Å². The van der Waals surface area contributed by atoms with Gasteiger partial charge in [0.15, 0.2) is 5.17 Å². The van der Waals surface area contributed by atoms with Crippen molar-refractivity contribution in [2.75, 3.05) is 6.54 Å². The highest BCUT2D eigenvalue weighted by molar-refractivity contribution is 8.18. The molecular formula is C15H14N4O2S2. The molecule has 23 heavy (non-hydrogen) atoms. The molecule has 1 saturated heterocycles. The maximum Gasteiger partial charge on any atom is 0.267 e. The van der Waals surface area contributed by atoms with E-state index < -0.39 is 0 Å². The summed E-state index contributed by atoms with van der Waals surface area (Å²) in [5.41, 5.74) is 0. The summed E-state index contributed by atoms with van der Waals surface area (Å²) >= 11 is 2.72. The summed E-state index contributed by atoms with van der Waals surface area (Å²) in [5, 5.41) is 10.1. The second kappa shape index (κ2) is 6.93. The zero-order valence-corrected chi connectivity index (χ0v) is 14.1. The average molecular weight is 346 g/mol. The van der Waals surface area contributed by atoms with E-state index in [9.17, 15) is 4.79 Å². The quantitative estimate of drug-likeness (QED) is 0.612. The van der Waals surface area contributed by atoms with E-state index in [0.29, 0.717) is 27.5 Å². The fourth-order valence-electron chi connectivity index (χ4n) is 1.90. The first-order valence-corrected chi connectivity index (χ1v) is 8.61. The van der Waals surface area contributed by atoms with Crippen molar-refractivity contribution in [2.45, 2.75) is 13.3 Å². The molecule has 1 amide bonds. The molecule has 118 valence electrons. The first-order chi connectivity index (χ1) is 11.2. The highest BCUT2D eigenvalue weighted by Crippen LogP contribution is 2.34. The summed E-state index contributed by atoms with van der Waals surface area (Å²) in [5.74, 6) is 0.509. The molecule has 0 bridgehead atoms. The Morgan fingerprint density at radius 1 is 1.48 bits per heavy atom. The lowest BCUT2D eigenvalue weighted by molar-refractivity contribution is -0.121. The minimum atomic E-state index is -0.120. The van der Waals surface area contributed by atoms with Gasteiger partial charge in [0.2, 0.25) is 5.13 Å². The first kappa shape index (κ1) is 15.7. The molecule has 0 spiro atoms. The Hall–Kier alpha value is -2.19. The molecule has 0 aromatic carbocycles. The number of furan rings is 1. The number of hydrogen-bond acceptors (Lipinski definition) is 7. The Balaban J connectivity index is 1.91. The van der Waals surface area contributed by atoms with Gasteiger partial charge in [0.25, 0.3) is 5.91 Å². The van der Waals surface area contributed by atoms with Crippen molar-refractivity contribution in [3.05, 3.63) is 46.7 Å². The molecule has 1 aliphatic heterocycles. The van der Waals surface area contributed by atoms with Crippen LogP contribution in [0.2, 0.25) is 0 Å².